The second kappa shape index (κ2) is 4.10. The second-order valence-electron chi connectivity index (χ2n) is 6.74. The lowest BCUT2D eigenvalue weighted by molar-refractivity contribution is 0.0155. The summed E-state index contributed by atoms with van der Waals surface area (Å²) >= 11 is 0. The molecule has 1 unspecified atom stereocenters. The van der Waals surface area contributed by atoms with Gasteiger partial charge < -0.3 is 20.5 Å². The quantitative estimate of drug-likeness (QED) is 0.736. The van der Waals surface area contributed by atoms with E-state index in [0.29, 0.717) is 13.1 Å². The molecule has 1 saturated carbocycles. The fourth-order valence-corrected chi connectivity index (χ4v) is 2.90. The van der Waals surface area contributed by atoms with Crippen molar-refractivity contribution < 1.29 is 14.6 Å². The van der Waals surface area contributed by atoms with Gasteiger partial charge in [0, 0.05) is 18.6 Å². The summed E-state index contributed by atoms with van der Waals surface area (Å²) in [5.41, 5.74) is 5.29. The Morgan fingerprint density at radius 3 is 2.33 bits per heavy atom. The van der Waals surface area contributed by atoms with E-state index in [1.165, 1.54) is 0 Å². The van der Waals surface area contributed by atoms with Crippen molar-refractivity contribution in [1.82, 2.24) is 4.90 Å². The summed E-state index contributed by atoms with van der Waals surface area (Å²) in [6.07, 6.45) is 2.36. The number of nitrogens with two attached hydrogens (primary N) is 1. The molecule has 0 aromatic rings. The van der Waals surface area contributed by atoms with Gasteiger partial charge in [-0.2, -0.15) is 0 Å². The predicted octanol–water partition coefficient (Wildman–Crippen LogP) is 1.10. The maximum absolute atomic E-state index is 11.9. The molecule has 2 aliphatic rings. The third-order valence-corrected chi connectivity index (χ3v) is 4.24. The molecule has 104 valence electrons. The van der Waals surface area contributed by atoms with E-state index >= 15 is 0 Å². The Morgan fingerprint density at radius 1 is 1.39 bits per heavy atom. The predicted molar refractivity (Wildman–Crippen MR) is 68.1 cm³/mol. The van der Waals surface area contributed by atoms with Crippen LogP contribution in [0.15, 0.2) is 0 Å². The maximum Gasteiger partial charge on any atom is 0.410 e. The molecule has 1 aliphatic carbocycles. The van der Waals surface area contributed by atoms with E-state index in [-0.39, 0.29) is 18.1 Å². The zero-order chi connectivity index (χ0) is 13.6. The van der Waals surface area contributed by atoms with Crippen molar-refractivity contribution in [3.05, 3.63) is 0 Å². The van der Waals surface area contributed by atoms with Gasteiger partial charge in [0.25, 0.3) is 0 Å². The number of aliphatic hydroxyl groups is 1. The molecule has 1 aliphatic heterocycles. The van der Waals surface area contributed by atoms with E-state index in [1.54, 1.807) is 4.90 Å². The smallest absolute Gasteiger partial charge is 0.410 e. The largest absolute Gasteiger partial charge is 0.444 e. The first kappa shape index (κ1) is 13.6. The number of amides is 1. The van der Waals surface area contributed by atoms with Gasteiger partial charge in [-0.25, -0.2) is 4.79 Å². The molecule has 18 heavy (non-hydrogen) atoms. The van der Waals surface area contributed by atoms with Crippen molar-refractivity contribution in [2.75, 3.05) is 19.7 Å². The number of piperidine rings is 1. The Hall–Kier alpha value is -0.810. The van der Waals surface area contributed by atoms with Gasteiger partial charge in [0.2, 0.25) is 0 Å². The number of aliphatic hydroxyl groups excluding tert-OH is 1. The van der Waals surface area contributed by atoms with Crippen LogP contribution in [0.2, 0.25) is 0 Å². The molecule has 3 N–H and O–H groups in total. The number of rotatable bonds is 1. The second-order valence-corrected chi connectivity index (χ2v) is 6.74. The van der Waals surface area contributed by atoms with Gasteiger partial charge in [0.15, 0.2) is 0 Å². The van der Waals surface area contributed by atoms with Crippen LogP contribution in [0, 0.1) is 5.41 Å². The highest BCUT2D eigenvalue weighted by Crippen LogP contribution is 2.60. The summed E-state index contributed by atoms with van der Waals surface area (Å²) in [4.78, 5) is 13.6. The van der Waals surface area contributed by atoms with Gasteiger partial charge in [-0.15, -0.1) is 0 Å². The first-order valence-electron chi connectivity index (χ1n) is 6.59. The summed E-state index contributed by atoms with van der Waals surface area (Å²) < 4.78 is 5.35. The maximum atomic E-state index is 11.9. The molecular weight excluding hydrogens is 232 g/mol. The van der Waals surface area contributed by atoms with Gasteiger partial charge in [-0.1, -0.05) is 0 Å². The molecule has 5 heteroatoms. The first-order valence-corrected chi connectivity index (χ1v) is 6.59. The van der Waals surface area contributed by atoms with Crippen LogP contribution >= 0.6 is 0 Å². The molecule has 1 saturated heterocycles. The lowest BCUT2D eigenvalue weighted by Gasteiger charge is -2.35. The van der Waals surface area contributed by atoms with Crippen molar-refractivity contribution in [2.24, 2.45) is 11.1 Å². The minimum absolute atomic E-state index is 0.0411. The molecule has 0 radical (unpaired) electrons. The van der Waals surface area contributed by atoms with Crippen molar-refractivity contribution >= 4 is 6.09 Å². The van der Waals surface area contributed by atoms with Crippen LogP contribution < -0.4 is 5.73 Å². The topological polar surface area (TPSA) is 75.8 Å². The Morgan fingerprint density at radius 2 is 1.94 bits per heavy atom. The number of carbonyl (C=O) groups excluding carboxylic acids is 1. The highest BCUT2D eigenvalue weighted by atomic mass is 16.6. The van der Waals surface area contributed by atoms with E-state index < -0.39 is 11.1 Å². The first-order chi connectivity index (χ1) is 8.21. The van der Waals surface area contributed by atoms with E-state index in [4.69, 9.17) is 10.5 Å². The van der Waals surface area contributed by atoms with Crippen molar-refractivity contribution in [3.63, 3.8) is 0 Å². The van der Waals surface area contributed by atoms with Crippen LogP contribution in [0.4, 0.5) is 4.79 Å². The van der Waals surface area contributed by atoms with E-state index in [0.717, 1.165) is 19.3 Å². The molecule has 0 bridgehead atoms. The van der Waals surface area contributed by atoms with Crippen LogP contribution in [-0.2, 0) is 4.74 Å². The number of likely N-dealkylation sites (tertiary alicyclic amines) is 1. The third-order valence-electron chi connectivity index (χ3n) is 4.24. The van der Waals surface area contributed by atoms with Crippen LogP contribution in [0.1, 0.15) is 40.0 Å². The zero-order valence-electron chi connectivity index (χ0n) is 11.5. The van der Waals surface area contributed by atoms with Crippen LogP contribution in [-0.4, -0.2) is 46.9 Å². The summed E-state index contributed by atoms with van der Waals surface area (Å²) in [5, 5.41) is 9.28. The lowest BCUT2D eigenvalue weighted by Crippen LogP contribution is -2.46. The summed E-state index contributed by atoms with van der Waals surface area (Å²) in [5.74, 6) is 0. The molecule has 2 rings (SSSR count). The van der Waals surface area contributed by atoms with Gasteiger partial charge in [0.1, 0.15) is 5.60 Å². The minimum atomic E-state index is -0.450. The molecule has 0 aromatic carbocycles. The standard InChI is InChI=1S/C13H24N2O3/c1-11(2,3)18-10(17)15-6-4-12(5-7-15)8-13(12,14)9-16/h16H,4-9,14H2,1-3H3. The van der Waals surface area contributed by atoms with Crippen molar-refractivity contribution in [1.29, 1.82) is 0 Å². The summed E-state index contributed by atoms with van der Waals surface area (Å²) in [7, 11) is 0. The number of ether oxygens (including phenoxy) is 1. The van der Waals surface area contributed by atoms with Gasteiger partial charge in [-0.05, 0) is 45.4 Å². The molecule has 2 fully saturated rings. The summed E-state index contributed by atoms with van der Waals surface area (Å²) in [6.45, 7) is 7.00. The van der Waals surface area contributed by atoms with Crippen LogP contribution in [0.25, 0.3) is 0 Å². The van der Waals surface area contributed by atoms with E-state index in [9.17, 15) is 9.90 Å². The SMILES string of the molecule is CC(C)(C)OC(=O)N1CCC2(CC1)CC2(N)CO. The van der Waals surface area contributed by atoms with E-state index in [2.05, 4.69) is 0 Å². The van der Waals surface area contributed by atoms with Crippen LogP contribution in [0.3, 0.4) is 0 Å². The Bertz CT molecular complexity index is 343. The Labute approximate surface area is 108 Å². The molecule has 0 aromatic heterocycles. The zero-order valence-corrected chi connectivity index (χ0v) is 11.5. The van der Waals surface area contributed by atoms with Gasteiger partial charge >= 0.3 is 6.09 Å². The normalized spacial score (nSPS) is 30.4. The average molecular weight is 256 g/mol. The highest BCUT2D eigenvalue weighted by molar-refractivity contribution is 5.68. The van der Waals surface area contributed by atoms with E-state index in [1.807, 2.05) is 20.8 Å². The molecule has 1 spiro atoms. The molecular formula is C13H24N2O3. The van der Waals surface area contributed by atoms with Gasteiger partial charge in [0.05, 0.1) is 6.61 Å². The van der Waals surface area contributed by atoms with Crippen molar-refractivity contribution in [2.45, 2.75) is 51.2 Å². The minimum Gasteiger partial charge on any atom is -0.444 e. The molecule has 1 heterocycles. The summed E-state index contributed by atoms with van der Waals surface area (Å²) in [6, 6.07) is 0. The molecule has 1 atom stereocenters. The Kier molecular flexibility index (Phi) is 3.10. The van der Waals surface area contributed by atoms with Crippen LogP contribution in [0.5, 0.6) is 0 Å². The fraction of sp³-hybridized carbons (Fsp3) is 0.923. The molecule has 5 nitrogen and oxygen atoms in total. The monoisotopic (exact) mass is 256 g/mol. The fourth-order valence-electron chi connectivity index (χ4n) is 2.90. The third kappa shape index (κ3) is 2.34. The van der Waals surface area contributed by atoms with Gasteiger partial charge in [-0.3, -0.25) is 0 Å². The highest BCUT2D eigenvalue weighted by Gasteiger charge is 2.65. The number of carbonyl (C=O) groups is 1. The molecule has 1 amide bonds. The number of nitrogens with zero attached hydrogens (tertiary/aromatic N) is 1. The Balaban J connectivity index is 1.87. The lowest BCUT2D eigenvalue weighted by atomic mass is 9.89. The van der Waals surface area contributed by atoms with Crippen molar-refractivity contribution in [3.8, 4) is 0 Å². The average Bonchev–Trinajstić information content (AvgIpc) is 2.82. The number of hydrogen-bond donors (Lipinski definition) is 2. The number of hydrogen-bond acceptors (Lipinski definition) is 4.